The van der Waals surface area contributed by atoms with E-state index in [4.69, 9.17) is 0 Å². The second-order valence-corrected chi connectivity index (χ2v) is 12.3. The molecule has 1 atom stereocenters. The highest BCUT2D eigenvalue weighted by atomic mass is 32.1. The van der Waals surface area contributed by atoms with Crippen LogP contribution in [0.2, 0.25) is 0 Å². The Bertz CT molecular complexity index is 1120. The number of nitrogens with zero attached hydrogens (tertiary/aromatic N) is 3. The number of piperidine rings is 1. The molecule has 36 heavy (non-hydrogen) atoms. The molecular formula is C28H38N4O3S. The average molecular weight is 511 g/mol. The van der Waals surface area contributed by atoms with Crippen molar-refractivity contribution in [1.82, 2.24) is 14.7 Å². The SMILES string of the molecule is CC(=O)N1CCC(Nc2ccc3c(c2)C(=O)N(C[C@H](O)CN2CCc4sccc4C2)CC3(C)C)CC1. The number of amides is 2. The van der Waals surface area contributed by atoms with Crippen LogP contribution in [0.15, 0.2) is 29.6 Å². The monoisotopic (exact) mass is 510 g/mol. The van der Waals surface area contributed by atoms with Gasteiger partial charge in [-0.2, -0.15) is 0 Å². The molecule has 5 rings (SSSR count). The molecule has 7 nitrogen and oxygen atoms in total. The third-order valence-electron chi connectivity index (χ3n) is 7.95. The highest BCUT2D eigenvalue weighted by molar-refractivity contribution is 7.10. The molecule has 8 heteroatoms. The quantitative estimate of drug-likeness (QED) is 0.624. The van der Waals surface area contributed by atoms with Gasteiger partial charge in [0.25, 0.3) is 5.91 Å². The van der Waals surface area contributed by atoms with E-state index < -0.39 is 6.10 Å². The molecule has 2 N–H and O–H groups in total. The third-order valence-corrected chi connectivity index (χ3v) is 8.97. The van der Waals surface area contributed by atoms with Crippen LogP contribution in [0.25, 0.3) is 0 Å². The van der Waals surface area contributed by atoms with Gasteiger partial charge in [0.2, 0.25) is 5.91 Å². The van der Waals surface area contributed by atoms with Crippen LogP contribution in [0, 0.1) is 0 Å². The molecule has 3 aliphatic heterocycles. The Hall–Kier alpha value is -2.42. The van der Waals surface area contributed by atoms with E-state index in [9.17, 15) is 14.7 Å². The molecule has 0 bridgehead atoms. The van der Waals surface area contributed by atoms with Crippen molar-refractivity contribution in [2.24, 2.45) is 0 Å². The molecule has 4 heterocycles. The van der Waals surface area contributed by atoms with Gasteiger partial charge in [0, 0.05) is 80.3 Å². The lowest BCUT2D eigenvalue weighted by Crippen LogP contribution is -2.51. The van der Waals surface area contributed by atoms with Crippen LogP contribution >= 0.6 is 11.3 Å². The van der Waals surface area contributed by atoms with Crippen LogP contribution in [0.3, 0.4) is 0 Å². The number of fused-ring (bicyclic) bond motifs is 2. The molecular weight excluding hydrogens is 472 g/mol. The van der Waals surface area contributed by atoms with Gasteiger partial charge in [0.15, 0.2) is 0 Å². The van der Waals surface area contributed by atoms with Crippen molar-refractivity contribution in [2.75, 3.05) is 44.6 Å². The molecule has 1 saturated heterocycles. The normalized spacial score (nSPS) is 21.2. The number of benzene rings is 1. The zero-order valence-corrected chi connectivity index (χ0v) is 22.4. The number of thiophene rings is 1. The van der Waals surface area contributed by atoms with Crippen molar-refractivity contribution in [2.45, 2.75) is 64.1 Å². The molecule has 194 valence electrons. The third kappa shape index (κ3) is 5.31. The van der Waals surface area contributed by atoms with Crippen molar-refractivity contribution in [3.05, 3.63) is 51.2 Å². The number of β-amino-alcohol motifs (C(OH)–C–C–N with tert-alkyl or cyclic N) is 1. The van der Waals surface area contributed by atoms with E-state index in [1.54, 1.807) is 6.92 Å². The van der Waals surface area contributed by atoms with E-state index in [0.29, 0.717) is 19.6 Å². The van der Waals surface area contributed by atoms with Gasteiger partial charge in [-0.1, -0.05) is 19.9 Å². The lowest BCUT2D eigenvalue weighted by Gasteiger charge is -2.41. The largest absolute Gasteiger partial charge is 0.390 e. The summed E-state index contributed by atoms with van der Waals surface area (Å²) in [5.74, 6) is 0.131. The lowest BCUT2D eigenvalue weighted by atomic mass is 9.77. The fourth-order valence-corrected chi connectivity index (χ4v) is 6.89. The number of aliphatic hydroxyl groups excluding tert-OH is 1. The fraction of sp³-hybridized carbons (Fsp3) is 0.571. The van der Waals surface area contributed by atoms with Crippen LogP contribution in [0.5, 0.6) is 0 Å². The molecule has 0 saturated carbocycles. The summed E-state index contributed by atoms with van der Waals surface area (Å²) in [5.41, 5.74) is 3.92. The Morgan fingerprint density at radius 2 is 1.97 bits per heavy atom. The van der Waals surface area contributed by atoms with Gasteiger partial charge in [0.1, 0.15) is 0 Å². The number of hydrogen-bond acceptors (Lipinski definition) is 6. The Morgan fingerprint density at radius 3 is 2.72 bits per heavy atom. The van der Waals surface area contributed by atoms with Crippen molar-refractivity contribution in [3.8, 4) is 0 Å². The molecule has 1 aromatic heterocycles. The maximum atomic E-state index is 13.6. The van der Waals surface area contributed by atoms with Crippen molar-refractivity contribution < 1.29 is 14.7 Å². The second kappa shape index (κ2) is 10.1. The summed E-state index contributed by atoms with van der Waals surface area (Å²) in [7, 11) is 0. The molecule has 0 radical (unpaired) electrons. The van der Waals surface area contributed by atoms with Gasteiger partial charge in [-0.25, -0.2) is 0 Å². The van der Waals surface area contributed by atoms with Crippen LogP contribution in [0.4, 0.5) is 5.69 Å². The number of likely N-dealkylation sites (tertiary alicyclic amines) is 1. The minimum atomic E-state index is -0.584. The van der Waals surface area contributed by atoms with Crippen molar-refractivity contribution in [3.63, 3.8) is 0 Å². The van der Waals surface area contributed by atoms with E-state index in [0.717, 1.165) is 62.3 Å². The number of nitrogens with one attached hydrogen (secondary N) is 1. The van der Waals surface area contributed by atoms with Crippen molar-refractivity contribution >= 4 is 28.8 Å². The van der Waals surface area contributed by atoms with E-state index in [2.05, 4.69) is 47.6 Å². The fourth-order valence-electron chi connectivity index (χ4n) is 6.00. The van der Waals surface area contributed by atoms with Crippen LogP contribution in [-0.4, -0.2) is 83.0 Å². The summed E-state index contributed by atoms with van der Waals surface area (Å²) in [6.45, 7) is 10.8. The first-order valence-corrected chi connectivity index (χ1v) is 14.0. The first kappa shape index (κ1) is 25.2. The number of rotatable bonds is 6. The van der Waals surface area contributed by atoms with Gasteiger partial charge in [0.05, 0.1) is 6.10 Å². The van der Waals surface area contributed by atoms with Gasteiger partial charge in [-0.15, -0.1) is 11.3 Å². The zero-order chi connectivity index (χ0) is 25.4. The summed E-state index contributed by atoms with van der Waals surface area (Å²) in [5, 5.41) is 16.7. The molecule has 1 fully saturated rings. The van der Waals surface area contributed by atoms with E-state index in [1.807, 2.05) is 27.2 Å². The van der Waals surface area contributed by atoms with Gasteiger partial charge in [-0.3, -0.25) is 14.5 Å². The van der Waals surface area contributed by atoms with Crippen LogP contribution < -0.4 is 5.32 Å². The van der Waals surface area contributed by atoms with E-state index >= 15 is 0 Å². The first-order valence-electron chi connectivity index (χ1n) is 13.1. The number of aliphatic hydroxyl groups is 1. The minimum Gasteiger partial charge on any atom is -0.390 e. The van der Waals surface area contributed by atoms with Gasteiger partial charge in [-0.05, 0) is 54.0 Å². The highest BCUT2D eigenvalue weighted by Gasteiger charge is 2.37. The number of carbonyl (C=O) groups excluding carboxylic acids is 2. The van der Waals surface area contributed by atoms with E-state index in [1.165, 1.54) is 10.4 Å². The smallest absolute Gasteiger partial charge is 0.254 e. The summed E-state index contributed by atoms with van der Waals surface area (Å²) in [6, 6.07) is 8.62. The molecule has 0 unspecified atom stereocenters. The van der Waals surface area contributed by atoms with Crippen LogP contribution in [0.1, 0.15) is 60.0 Å². The zero-order valence-electron chi connectivity index (χ0n) is 21.6. The summed E-state index contributed by atoms with van der Waals surface area (Å²) >= 11 is 1.82. The summed E-state index contributed by atoms with van der Waals surface area (Å²) in [6.07, 6.45) is 2.25. The van der Waals surface area contributed by atoms with Crippen molar-refractivity contribution in [1.29, 1.82) is 0 Å². The maximum Gasteiger partial charge on any atom is 0.254 e. The predicted molar refractivity (Wildman–Crippen MR) is 144 cm³/mol. The Kier molecular flexibility index (Phi) is 7.12. The summed E-state index contributed by atoms with van der Waals surface area (Å²) in [4.78, 5) is 32.7. The minimum absolute atomic E-state index is 0.00260. The Balaban J connectivity index is 1.23. The lowest BCUT2D eigenvalue weighted by molar-refractivity contribution is -0.129. The summed E-state index contributed by atoms with van der Waals surface area (Å²) < 4.78 is 0. The molecule has 0 spiro atoms. The highest BCUT2D eigenvalue weighted by Crippen LogP contribution is 2.35. The number of hydrogen-bond donors (Lipinski definition) is 2. The number of carbonyl (C=O) groups is 2. The molecule has 3 aliphatic rings. The topological polar surface area (TPSA) is 76.1 Å². The standard InChI is InChI=1S/C28H38N4O3S/c1-19(33)31-11-6-21(7-12-31)29-22-4-5-25-24(14-22)27(35)32(18-28(25,2)3)17-23(34)16-30-10-8-26-20(15-30)9-13-36-26/h4-5,9,13-14,21,23,29,34H,6-8,10-12,15-18H2,1-3H3/t23-/m1/s1. The van der Waals surface area contributed by atoms with Crippen LogP contribution in [-0.2, 0) is 23.2 Å². The Labute approximate surface area is 218 Å². The van der Waals surface area contributed by atoms with Gasteiger partial charge >= 0.3 is 0 Å². The predicted octanol–water partition coefficient (Wildman–Crippen LogP) is 3.32. The van der Waals surface area contributed by atoms with Gasteiger partial charge < -0.3 is 20.2 Å². The molecule has 1 aromatic carbocycles. The second-order valence-electron chi connectivity index (χ2n) is 11.3. The average Bonchev–Trinajstić information content (AvgIpc) is 3.30. The molecule has 0 aliphatic carbocycles. The maximum absolute atomic E-state index is 13.6. The molecule has 2 amide bonds. The number of anilines is 1. The van der Waals surface area contributed by atoms with E-state index in [-0.39, 0.29) is 23.3 Å². The first-order chi connectivity index (χ1) is 17.2. The Morgan fingerprint density at radius 1 is 1.19 bits per heavy atom. The molecule has 2 aromatic rings.